The van der Waals surface area contributed by atoms with Crippen LogP contribution in [0.15, 0.2) is 59.5 Å². The number of hydrogen-bond acceptors (Lipinski definition) is 6. The van der Waals surface area contributed by atoms with Gasteiger partial charge in [-0.1, -0.05) is 43.1 Å². The van der Waals surface area contributed by atoms with Gasteiger partial charge in [-0.05, 0) is 55.3 Å². The topological polar surface area (TPSA) is 95.1 Å². The molecule has 0 saturated carbocycles. The Morgan fingerprint density at radius 1 is 1.09 bits per heavy atom. The first-order valence-corrected chi connectivity index (χ1v) is 12.1. The number of ether oxygens (including phenoxy) is 1. The minimum absolute atomic E-state index is 0.256. The molecule has 0 unspecified atom stereocenters. The summed E-state index contributed by atoms with van der Waals surface area (Å²) in [5.41, 5.74) is 7.47. The number of aromatic nitrogens is 3. The molecule has 4 aromatic rings. The van der Waals surface area contributed by atoms with Gasteiger partial charge in [0.25, 0.3) is 5.56 Å². The van der Waals surface area contributed by atoms with Crippen molar-refractivity contribution in [3.8, 4) is 16.9 Å². The predicted molar refractivity (Wildman–Crippen MR) is 143 cm³/mol. The Balaban J connectivity index is 1.62. The van der Waals surface area contributed by atoms with Crippen LogP contribution >= 0.6 is 23.2 Å². The van der Waals surface area contributed by atoms with Crippen molar-refractivity contribution in [3.05, 3.63) is 75.1 Å². The van der Waals surface area contributed by atoms with Crippen LogP contribution in [0.5, 0.6) is 5.75 Å². The summed E-state index contributed by atoms with van der Waals surface area (Å²) in [6, 6.07) is 14.4. The van der Waals surface area contributed by atoms with Gasteiger partial charge in [0.15, 0.2) is 0 Å². The zero-order valence-electron chi connectivity index (χ0n) is 19.8. The Labute approximate surface area is 213 Å². The number of pyridine rings is 1. The van der Waals surface area contributed by atoms with Crippen LogP contribution in [0.2, 0.25) is 10.0 Å². The lowest BCUT2D eigenvalue weighted by molar-refractivity contribution is 0.0692. The Bertz CT molecular complexity index is 1390. The summed E-state index contributed by atoms with van der Waals surface area (Å²) in [6.45, 7) is 4.60. The molecule has 35 heavy (non-hydrogen) atoms. The highest BCUT2D eigenvalue weighted by Crippen LogP contribution is 2.34. The molecule has 3 N–H and O–H groups in total. The first-order valence-electron chi connectivity index (χ1n) is 11.4. The van der Waals surface area contributed by atoms with Crippen molar-refractivity contribution in [2.75, 3.05) is 11.9 Å². The van der Waals surface area contributed by atoms with Crippen molar-refractivity contribution in [2.45, 2.75) is 32.3 Å². The number of fused-ring (bicyclic) bond motifs is 1. The highest BCUT2D eigenvalue weighted by Gasteiger charge is 2.26. The predicted octanol–water partition coefficient (Wildman–Crippen LogP) is 5.94. The van der Waals surface area contributed by atoms with Gasteiger partial charge in [-0.3, -0.25) is 9.36 Å². The molecule has 0 fully saturated rings. The molecule has 0 bridgehead atoms. The normalized spacial score (nSPS) is 11.6. The molecule has 0 aliphatic heterocycles. The summed E-state index contributed by atoms with van der Waals surface area (Å²) < 4.78 is 7.63. The fourth-order valence-electron chi connectivity index (χ4n) is 3.95. The van der Waals surface area contributed by atoms with E-state index in [1.807, 2.05) is 24.3 Å². The van der Waals surface area contributed by atoms with Gasteiger partial charge in [0.05, 0.1) is 15.6 Å². The molecule has 0 radical (unpaired) electrons. The molecule has 0 spiro atoms. The fraction of sp³-hybridized carbons (Fsp3) is 0.269. The SMILES string of the molecule is CCC(CC)(CN)Oc1ccc(Nc2ncc3cc(-c4c(Cl)cccc4Cl)c(=O)n(C)c3n2)cc1. The van der Waals surface area contributed by atoms with Crippen LogP contribution in [-0.2, 0) is 7.05 Å². The fourth-order valence-corrected chi connectivity index (χ4v) is 4.55. The van der Waals surface area contributed by atoms with Crippen LogP contribution in [0.4, 0.5) is 11.6 Å². The van der Waals surface area contributed by atoms with Crippen LogP contribution in [0.25, 0.3) is 22.2 Å². The zero-order chi connectivity index (χ0) is 25.2. The van der Waals surface area contributed by atoms with Crippen molar-refractivity contribution in [1.29, 1.82) is 0 Å². The van der Waals surface area contributed by atoms with E-state index in [1.165, 1.54) is 4.57 Å². The van der Waals surface area contributed by atoms with E-state index < -0.39 is 0 Å². The lowest BCUT2D eigenvalue weighted by Crippen LogP contribution is -2.42. The Hall–Kier alpha value is -3.13. The minimum Gasteiger partial charge on any atom is -0.486 e. The number of halogens is 2. The van der Waals surface area contributed by atoms with Crippen molar-refractivity contribution < 1.29 is 4.74 Å². The largest absolute Gasteiger partial charge is 0.486 e. The minimum atomic E-state index is -0.367. The van der Waals surface area contributed by atoms with Gasteiger partial charge >= 0.3 is 0 Å². The second kappa shape index (κ2) is 10.2. The molecule has 182 valence electrons. The van der Waals surface area contributed by atoms with Crippen LogP contribution in [0.3, 0.4) is 0 Å². The highest BCUT2D eigenvalue weighted by molar-refractivity contribution is 6.39. The van der Waals surface area contributed by atoms with E-state index in [-0.39, 0.29) is 11.2 Å². The molecule has 0 atom stereocenters. The average molecular weight is 512 g/mol. The molecule has 0 aliphatic rings. The number of hydrogen-bond donors (Lipinski definition) is 2. The van der Waals surface area contributed by atoms with Crippen molar-refractivity contribution in [1.82, 2.24) is 14.5 Å². The van der Waals surface area contributed by atoms with E-state index in [2.05, 4.69) is 29.1 Å². The summed E-state index contributed by atoms with van der Waals surface area (Å²) in [5, 5.41) is 4.67. The Morgan fingerprint density at radius 3 is 2.34 bits per heavy atom. The van der Waals surface area contributed by atoms with Crippen molar-refractivity contribution in [3.63, 3.8) is 0 Å². The van der Waals surface area contributed by atoms with Crippen molar-refractivity contribution >= 4 is 45.9 Å². The smallest absolute Gasteiger partial charge is 0.259 e. The third-order valence-corrected chi connectivity index (χ3v) is 6.92. The molecule has 0 saturated heterocycles. The molecule has 4 rings (SSSR count). The van der Waals surface area contributed by atoms with Gasteiger partial charge in [-0.15, -0.1) is 0 Å². The maximum Gasteiger partial charge on any atom is 0.259 e. The van der Waals surface area contributed by atoms with Gasteiger partial charge in [0.1, 0.15) is 17.0 Å². The maximum absolute atomic E-state index is 13.1. The molecule has 0 aliphatic carbocycles. The summed E-state index contributed by atoms with van der Waals surface area (Å²) >= 11 is 12.7. The van der Waals surface area contributed by atoms with Crippen LogP contribution in [-0.4, -0.2) is 26.7 Å². The molecule has 0 amide bonds. The molecular weight excluding hydrogens is 485 g/mol. The monoisotopic (exact) mass is 511 g/mol. The van der Waals surface area contributed by atoms with Gasteiger partial charge in [0, 0.05) is 36.4 Å². The first-order chi connectivity index (χ1) is 16.8. The van der Waals surface area contributed by atoms with E-state index in [1.54, 1.807) is 37.5 Å². The molecule has 7 nitrogen and oxygen atoms in total. The van der Waals surface area contributed by atoms with E-state index in [9.17, 15) is 4.79 Å². The number of nitrogens with two attached hydrogens (primary N) is 1. The lowest BCUT2D eigenvalue weighted by Gasteiger charge is -2.31. The van der Waals surface area contributed by atoms with E-state index in [0.717, 1.165) is 24.3 Å². The first kappa shape index (κ1) is 25.0. The molecule has 9 heteroatoms. The summed E-state index contributed by atoms with van der Waals surface area (Å²) in [6.07, 6.45) is 3.32. The van der Waals surface area contributed by atoms with Gasteiger partial charge in [0.2, 0.25) is 5.95 Å². The number of anilines is 2. The Kier molecular flexibility index (Phi) is 7.31. The molecule has 2 aromatic carbocycles. The van der Waals surface area contributed by atoms with Crippen LogP contribution in [0, 0.1) is 0 Å². The van der Waals surface area contributed by atoms with Crippen LogP contribution < -0.4 is 21.3 Å². The summed E-state index contributed by atoms with van der Waals surface area (Å²) in [5.74, 6) is 1.11. The highest BCUT2D eigenvalue weighted by atomic mass is 35.5. The zero-order valence-corrected chi connectivity index (χ0v) is 21.3. The molecule has 2 aromatic heterocycles. The van der Waals surface area contributed by atoms with Crippen molar-refractivity contribution in [2.24, 2.45) is 12.8 Å². The standard InChI is InChI=1S/C26H27Cl2N5O2/c1-4-26(5-2,15-29)35-18-11-9-17(10-12-18)31-25-30-14-16-13-19(24(34)33(3)23(16)32-25)22-20(27)7-6-8-21(22)28/h6-14H,4-5,15,29H2,1-3H3,(H,30,31,32). The maximum atomic E-state index is 13.1. The van der Waals surface area contributed by atoms with E-state index in [4.69, 9.17) is 33.7 Å². The molecular formula is C26H27Cl2N5O2. The number of aryl methyl sites for hydroxylation is 1. The van der Waals surface area contributed by atoms with E-state index >= 15 is 0 Å². The second-order valence-electron chi connectivity index (χ2n) is 8.34. The lowest BCUT2D eigenvalue weighted by atomic mass is 9.97. The quantitative estimate of drug-likeness (QED) is 0.303. The second-order valence-corrected chi connectivity index (χ2v) is 9.15. The van der Waals surface area contributed by atoms with Gasteiger partial charge in [-0.25, -0.2) is 4.98 Å². The summed E-state index contributed by atoms with van der Waals surface area (Å²) in [4.78, 5) is 22.1. The van der Waals surface area contributed by atoms with Gasteiger partial charge < -0.3 is 15.8 Å². The third-order valence-electron chi connectivity index (χ3n) is 6.29. The number of nitrogens with one attached hydrogen (secondary N) is 1. The summed E-state index contributed by atoms with van der Waals surface area (Å²) in [7, 11) is 1.66. The third kappa shape index (κ3) is 4.98. The number of benzene rings is 2. The van der Waals surface area contributed by atoms with Crippen LogP contribution in [0.1, 0.15) is 26.7 Å². The number of rotatable bonds is 8. The molecule has 2 heterocycles. The van der Waals surface area contributed by atoms with E-state index in [0.29, 0.717) is 44.7 Å². The average Bonchev–Trinajstić information content (AvgIpc) is 2.87. The Morgan fingerprint density at radius 2 is 1.74 bits per heavy atom. The number of nitrogens with zero attached hydrogens (tertiary/aromatic N) is 3. The van der Waals surface area contributed by atoms with Gasteiger partial charge in [-0.2, -0.15) is 4.98 Å².